The molecule has 0 spiro atoms. The monoisotopic (exact) mass is 428 g/mol. The summed E-state index contributed by atoms with van der Waals surface area (Å²) in [4.78, 5) is 0. The van der Waals surface area contributed by atoms with Gasteiger partial charge in [0.15, 0.2) is 0 Å². The van der Waals surface area contributed by atoms with Crippen LogP contribution in [0.4, 0.5) is 13.2 Å². The van der Waals surface area contributed by atoms with E-state index in [9.17, 15) is 13.2 Å². The van der Waals surface area contributed by atoms with E-state index in [0.717, 1.165) is 5.19 Å². The zero-order valence-corrected chi connectivity index (χ0v) is 19.6. The van der Waals surface area contributed by atoms with Crippen LogP contribution >= 0.6 is 0 Å². The molecule has 152 valence electrons. The van der Waals surface area contributed by atoms with Gasteiger partial charge < -0.3 is 0 Å². The molecule has 0 aromatic heterocycles. The second-order valence-electron chi connectivity index (χ2n) is 8.56. The number of hydrogen-bond acceptors (Lipinski definition) is 0. The van der Waals surface area contributed by atoms with Crippen molar-refractivity contribution in [2.24, 2.45) is 0 Å². The van der Waals surface area contributed by atoms with Crippen molar-refractivity contribution in [2.75, 3.05) is 0 Å². The van der Waals surface area contributed by atoms with Crippen molar-refractivity contribution in [1.29, 1.82) is 0 Å². The molecule has 1 unspecified atom stereocenters. The van der Waals surface area contributed by atoms with Crippen LogP contribution in [0, 0.1) is 13.8 Å². The number of aryl methyl sites for hydroxylation is 2. The van der Waals surface area contributed by atoms with E-state index in [4.69, 9.17) is 0 Å². The normalized spacial score (nSPS) is 14.5. The largest absolute Gasteiger partial charge is 0.416 e. The summed E-state index contributed by atoms with van der Waals surface area (Å²) in [6.07, 6.45) is -4.33. The smallest absolute Gasteiger partial charge is 0.166 e. The first-order chi connectivity index (χ1) is 13.5. The van der Waals surface area contributed by atoms with Crippen molar-refractivity contribution in [3.05, 3.63) is 89.5 Å². The summed E-state index contributed by atoms with van der Waals surface area (Å²) in [6.45, 7) is 10.9. The lowest BCUT2D eigenvalue weighted by Gasteiger charge is -2.43. The highest BCUT2D eigenvalue weighted by molar-refractivity contribution is 7.54. The average Bonchev–Trinajstić information content (AvgIpc) is 2.67. The third-order valence-electron chi connectivity index (χ3n) is 6.39. The van der Waals surface area contributed by atoms with Crippen LogP contribution in [0.15, 0.2) is 72.8 Å². The van der Waals surface area contributed by atoms with Gasteiger partial charge in [0.05, 0.1) is 13.2 Å². The zero-order chi connectivity index (χ0) is 21.4. The lowest BCUT2D eigenvalue weighted by atomic mass is 10.2. The molecule has 0 bridgehead atoms. The van der Waals surface area contributed by atoms with E-state index < -0.39 is 26.9 Å². The molecule has 5 heteroatoms. The highest BCUT2D eigenvalue weighted by Gasteiger charge is 2.49. The standard InChI is InChI=1S/C24H27F3Si2/c1-18-12-14-21(15-13-18)29(5,23-11-6-8-19(2)16-23)28(3,4)22-10-7-9-20(17-22)24(25,26)27/h6-17H,1-5H3. The predicted molar refractivity (Wildman–Crippen MR) is 122 cm³/mol. The lowest BCUT2D eigenvalue weighted by Crippen LogP contribution is -2.76. The van der Waals surface area contributed by atoms with Crippen LogP contribution in [-0.4, -0.2) is 15.2 Å². The minimum absolute atomic E-state index is 0.555. The fraction of sp³-hybridized carbons (Fsp3) is 0.250. The molecule has 0 saturated heterocycles. The van der Waals surface area contributed by atoms with Gasteiger partial charge in [0.25, 0.3) is 0 Å². The van der Waals surface area contributed by atoms with Gasteiger partial charge in [0.2, 0.25) is 0 Å². The molecular formula is C24H27F3Si2. The van der Waals surface area contributed by atoms with Gasteiger partial charge in [-0.1, -0.05) is 119 Å². The maximum Gasteiger partial charge on any atom is 0.416 e. The Bertz CT molecular complexity index is 1010. The first kappa shape index (κ1) is 21.6. The SMILES string of the molecule is Cc1ccc([Si](C)(c2cccc(C)c2)[Si](C)(C)c2cccc(C(F)(F)F)c2)cc1. The van der Waals surface area contributed by atoms with E-state index in [1.165, 1.54) is 33.6 Å². The molecule has 0 amide bonds. The minimum Gasteiger partial charge on any atom is -0.166 e. The van der Waals surface area contributed by atoms with Crippen molar-refractivity contribution >= 4 is 30.7 Å². The van der Waals surface area contributed by atoms with Gasteiger partial charge in [0, 0.05) is 0 Å². The number of halogens is 3. The predicted octanol–water partition coefficient (Wildman–Crippen LogP) is 5.21. The molecule has 0 heterocycles. The van der Waals surface area contributed by atoms with Crippen LogP contribution < -0.4 is 15.6 Å². The third-order valence-corrected chi connectivity index (χ3v) is 23.7. The van der Waals surface area contributed by atoms with Gasteiger partial charge in [0.1, 0.15) is 7.59 Å². The first-order valence-corrected chi connectivity index (χ1v) is 16.3. The Morgan fingerprint density at radius 1 is 0.621 bits per heavy atom. The molecule has 0 aliphatic rings. The molecule has 0 nitrogen and oxygen atoms in total. The molecule has 0 N–H and O–H groups in total. The van der Waals surface area contributed by atoms with Crippen molar-refractivity contribution in [3.63, 3.8) is 0 Å². The molecule has 3 aromatic carbocycles. The molecule has 3 rings (SSSR count). The van der Waals surface area contributed by atoms with Crippen LogP contribution in [0.3, 0.4) is 0 Å². The van der Waals surface area contributed by atoms with Gasteiger partial charge >= 0.3 is 6.18 Å². The highest BCUT2D eigenvalue weighted by atomic mass is 29.3. The van der Waals surface area contributed by atoms with Crippen LogP contribution in [0.2, 0.25) is 19.6 Å². The Kier molecular flexibility index (Phi) is 5.67. The van der Waals surface area contributed by atoms with Gasteiger partial charge in [-0.3, -0.25) is 0 Å². The maximum absolute atomic E-state index is 13.4. The Morgan fingerprint density at radius 3 is 1.79 bits per heavy atom. The van der Waals surface area contributed by atoms with Gasteiger partial charge in [-0.05, 0) is 13.8 Å². The second-order valence-corrected chi connectivity index (χ2v) is 22.5. The number of alkyl halides is 3. The topological polar surface area (TPSA) is 0 Å². The maximum atomic E-state index is 13.4. The van der Waals surface area contributed by atoms with Gasteiger partial charge in [-0.25, -0.2) is 0 Å². The molecule has 0 aliphatic heterocycles. The molecule has 0 radical (unpaired) electrons. The van der Waals surface area contributed by atoms with E-state index in [0.29, 0.717) is 0 Å². The highest BCUT2D eigenvalue weighted by Crippen LogP contribution is 2.29. The van der Waals surface area contributed by atoms with E-state index in [-0.39, 0.29) is 0 Å². The molecule has 1 atom stereocenters. The van der Waals surface area contributed by atoms with Crippen LogP contribution in [0.25, 0.3) is 0 Å². The summed E-state index contributed by atoms with van der Waals surface area (Å²) >= 11 is 0. The quantitative estimate of drug-likeness (QED) is 0.501. The summed E-state index contributed by atoms with van der Waals surface area (Å²) in [6, 6.07) is 23.2. The number of rotatable bonds is 4. The van der Waals surface area contributed by atoms with Crippen LogP contribution in [0.1, 0.15) is 16.7 Å². The molecule has 0 aliphatic carbocycles. The van der Waals surface area contributed by atoms with Crippen molar-refractivity contribution in [3.8, 4) is 0 Å². The summed E-state index contributed by atoms with van der Waals surface area (Å²) in [5.74, 6) is 0. The number of benzene rings is 3. The average molecular weight is 429 g/mol. The Labute approximate surface area is 173 Å². The fourth-order valence-corrected chi connectivity index (χ4v) is 16.8. The van der Waals surface area contributed by atoms with Gasteiger partial charge in [-0.15, -0.1) is 0 Å². The summed E-state index contributed by atoms with van der Waals surface area (Å²) in [5.41, 5.74) is 1.81. The number of hydrogen-bond donors (Lipinski definition) is 0. The van der Waals surface area contributed by atoms with E-state index in [1.54, 1.807) is 6.07 Å². The van der Waals surface area contributed by atoms with E-state index >= 15 is 0 Å². The lowest BCUT2D eigenvalue weighted by molar-refractivity contribution is -0.137. The van der Waals surface area contributed by atoms with E-state index in [1.807, 2.05) is 6.07 Å². The Hall–Kier alpha value is -2.12. The summed E-state index contributed by atoms with van der Waals surface area (Å²) in [7, 11) is -4.66. The van der Waals surface area contributed by atoms with Gasteiger partial charge in [-0.2, -0.15) is 13.2 Å². The molecule has 29 heavy (non-hydrogen) atoms. The third kappa shape index (κ3) is 3.98. The fourth-order valence-electron chi connectivity index (χ4n) is 4.10. The molecular weight excluding hydrogens is 401 g/mol. The first-order valence-electron chi connectivity index (χ1n) is 9.78. The molecule has 0 saturated carbocycles. The molecule has 3 aromatic rings. The van der Waals surface area contributed by atoms with Crippen LogP contribution in [-0.2, 0) is 6.18 Å². The van der Waals surface area contributed by atoms with Crippen LogP contribution in [0.5, 0.6) is 0 Å². The summed E-state index contributed by atoms with van der Waals surface area (Å²) < 4.78 is 40.3. The van der Waals surface area contributed by atoms with Crippen molar-refractivity contribution in [1.82, 2.24) is 0 Å². The minimum atomic E-state index is -4.33. The van der Waals surface area contributed by atoms with Crippen molar-refractivity contribution in [2.45, 2.75) is 39.7 Å². The summed E-state index contributed by atoms with van der Waals surface area (Å²) in [5, 5.41) is 3.43. The second kappa shape index (κ2) is 7.61. The van der Waals surface area contributed by atoms with E-state index in [2.05, 4.69) is 82.0 Å². The van der Waals surface area contributed by atoms with Crippen molar-refractivity contribution < 1.29 is 13.2 Å². The Balaban J connectivity index is 2.27. The molecule has 0 fully saturated rings. The Morgan fingerprint density at radius 2 is 1.21 bits per heavy atom. The zero-order valence-electron chi connectivity index (χ0n) is 17.6.